The lowest BCUT2D eigenvalue weighted by Crippen LogP contribution is -2.41. The van der Waals surface area contributed by atoms with E-state index in [9.17, 15) is 14.7 Å². The van der Waals surface area contributed by atoms with E-state index in [1.54, 1.807) is 27.7 Å². The normalized spacial score (nSPS) is 13.9. The number of hydrogen-bond donors (Lipinski definition) is 2. The number of hydrogen-bond acceptors (Lipinski definition) is 4. The zero-order chi connectivity index (χ0) is 17.5. The summed E-state index contributed by atoms with van der Waals surface area (Å²) < 4.78 is 10.7. The monoisotopic (exact) mass is 323 g/mol. The van der Waals surface area contributed by atoms with Crippen molar-refractivity contribution in [3.05, 3.63) is 35.9 Å². The third kappa shape index (κ3) is 7.65. The second-order valence-corrected chi connectivity index (χ2v) is 6.33. The predicted molar refractivity (Wildman–Crippen MR) is 86.1 cm³/mol. The highest BCUT2D eigenvalue weighted by Gasteiger charge is 2.27. The van der Waals surface area contributed by atoms with E-state index in [2.05, 4.69) is 5.32 Å². The summed E-state index contributed by atoms with van der Waals surface area (Å²) in [5, 5.41) is 11.8. The number of carboxylic acids is 1. The van der Waals surface area contributed by atoms with E-state index in [1.807, 2.05) is 30.3 Å². The van der Waals surface area contributed by atoms with Crippen molar-refractivity contribution < 1.29 is 24.2 Å². The van der Waals surface area contributed by atoms with Crippen molar-refractivity contribution in [1.82, 2.24) is 5.32 Å². The van der Waals surface area contributed by atoms with Gasteiger partial charge in [-0.2, -0.15) is 0 Å². The molecule has 128 valence electrons. The van der Waals surface area contributed by atoms with Gasteiger partial charge in [0.2, 0.25) is 0 Å². The van der Waals surface area contributed by atoms with Crippen LogP contribution in [-0.4, -0.2) is 35.4 Å². The molecule has 0 fully saturated rings. The maximum Gasteiger partial charge on any atom is 0.407 e. The van der Waals surface area contributed by atoms with E-state index in [0.717, 1.165) is 5.56 Å². The Morgan fingerprint density at radius 3 is 2.35 bits per heavy atom. The van der Waals surface area contributed by atoms with Gasteiger partial charge in [0, 0.05) is 6.54 Å². The lowest BCUT2D eigenvalue weighted by Gasteiger charge is -2.23. The van der Waals surface area contributed by atoms with Crippen LogP contribution in [0.1, 0.15) is 33.3 Å². The van der Waals surface area contributed by atoms with Crippen LogP contribution in [0.5, 0.6) is 0 Å². The number of benzene rings is 1. The lowest BCUT2D eigenvalue weighted by molar-refractivity contribution is -0.147. The fraction of sp³-hybridized carbons (Fsp3) is 0.529. The summed E-state index contributed by atoms with van der Waals surface area (Å²) in [7, 11) is 0. The van der Waals surface area contributed by atoms with Gasteiger partial charge in [-0.1, -0.05) is 30.3 Å². The Morgan fingerprint density at radius 1 is 1.22 bits per heavy atom. The Kier molecular flexibility index (Phi) is 7.03. The number of nitrogens with one attached hydrogen (secondary N) is 1. The van der Waals surface area contributed by atoms with E-state index in [1.165, 1.54) is 0 Å². The summed E-state index contributed by atoms with van der Waals surface area (Å²) in [6, 6.07) is 9.49. The molecule has 1 amide bonds. The molecule has 0 unspecified atom stereocenters. The third-order valence-electron chi connectivity index (χ3n) is 3.10. The molecule has 0 aliphatic heterocycles. The highest BCUT2D eigenvalue weighted by molar-refractivity contribution is 5.73. The van der Waals surface area contributed by atoms with Gasteiger partial charge in [-0.15, -0.1) is 0 Å². The Morgan fingerprint density at radius 2 is 1.83 bits per heavy atom. The number of carbonyl (C=O) groups excluding carboxylic acids is 1. The Balaban J connectivity index is 2.50. The van der Waals surface area contributed by atoms with Gasteiger partial charge in [-0.3, -0.25) is 4.79 Å². The van der Waals surface area contributed by atoms with Gasteiger partial charge in [0.25, 0.3) is 0 Å². The minimum atomic E-state index is -1.03. The maximum atomic E-state index is 11.6. The molecule has 1 rings (SSSR count). The summed E-state index contributed by atoms with van der Waals surface area (Å²) in [4.78, 5) is 23.0. The first-order valence-corrected chi connectivity index (χ1v) is 7.54. The molecule has 23 heavy (non-hydrogen) atoms. The summed E-state index contributed by atoms with van der Waals surface area (Å²) in [6.07, 6.45) is -1.19. The van der Waals surface area contributed by atoms with E-state index in [-0.39, 0.29) is 6.54 Å². The number of rotatable bonds is 7. The number of carboxylic acid groups (broad SMARTS) is 1. The van der Waals surface area contributed by atoms with Crippen LogP contribution in [0.15, 0.2) is 30.3 Å². The summed E-state index contributed by atoms with van der Waals surface area (Å²) >= 11 is 0. The molecular weight excluding hydrogens is 298 g/mol. The lowest BCUT2D eigenvalue weighted by atomic mass is 10.0. The Bertz CT molecular complexity index is 509. The predicted octanol–water partition coefficient (Wildman–Crippen LogP) is 2.82. The van der Waals surface area contributed by atoms with E-state index >= 15 is 0 Å². The summed E-state index contributed by atoms with van der Waals surface area (Å²) in [5.74, 6) is -1.88. The minimum absolute atomic E-state index is 0.0554. The number of aliphatic carboxylic acids is 1. The molecular formula is C17H25NO5. The summed E-state index contributed by atoms with van der Waals surface area (Å²) in [5.41, 5.74) is 0.335. The van der Waals surface area contributed by atoms with Crippen molar-refractivity contribution >= 4 is 12.1 Å². The molecule has 0 bridgehead atoms. The highest BCUT2D eigenvalue weighted by Crippen LogP contribution is 2.12. The molecule has 0 aliphatic rings. The molecule has 1 aromatic carbocycles. The minimum Gasteiger partial charge on any atom is -0.481 e. The van der Waals surface area contributed by atoms with Crippen LogP contribution >= 0.6 is 0 Å². The quantitative estimate of drug-likeness (QED) is 0.806. The second-order valence-electron chi connectivity index (χ2n) is 6.33. The number of ether oxygens (including phenoxy) is 2. The fourth-order valence-corrected chi connectivity index (χ4v) is 1.88. The van der Waals surface area contributed by atoms with Crippen LogP contribution in [0.3, 0.4) is 0 Å². The maximum absolute atomic E-state index is 11.6. The first kappa shape index (κ1) is 19.0. The van der Waals surface area contributed by atoms with Crippen LogP contribution in [0.4, 0.5) is 4.79 Å². The largest absolute Gasteiger partial charge is 0.481 e. The first-order chi connectivity index (χ1) is 10.7. The topological polar surface area (TPSA) is 84.9 Å². The molecule has 0 saturated heterocycles. The van der Waals surface area contributed by atoms with Crippen molar-refractivity contribution in [3.63, 3.8) is 0 Å². The van der Waals surface area contributed by atoms with Gasteiger partial charge >= 0.3 is 12.1 Å². The second kappa shape index (κ2) is 8.53. The summed E-state index contributed by atoms with van der Waals surface area (Å²) in [6.45, 7) is 7.17. The highest BCUT2D eigenvalue weighted by atomic mass is 16.6. The standard InChI is InChI=1S/C17H25NO5/c1-12(22-11-13-8-6-5-7-9-13)14(15(19)20)10-18-16(21)23-17(2,3)4/h5-9,12,14H,10-11H2,1-4H3,(H,18,21)(H,19,20)/t12-,14-/m0/s1. The molecule has 6 nitrogen and oxygen atoms in total. The van der Waals surface area contributed by atoms with Gasteiger partial charge in [-0.05, 0) is 33.3 Å². The Hall–Kier alpha value is -2.08. The first-order valence-electron chi connectivity index (χ1n) is 7.54. The SMILES string of the molecule is C[C@H](OCc1ccccc1)[C@H](CNC(=O)OC(C)(C)C)C(=O)O. The molecule has 0 heterocycles. The van der Waals surface area contributed by atoms with Gasteiger partial charge in [0.05, 0.1) is 18.6 Å². The smallest absolute Gasteiger partial charge is 0.407 e. The average Bonchev–Trinajstić information content (AvgIpc) is 2.44. The van der Waals surface area contributed by atoms with Crippen LogP contribution in [0, 0.1) is 5.92 Å². The molecule has 2 atom stereocenters. The molecule has 0 radical (unpaired) electrons. The van der Waals surface area contributed by atoms with Gasteiger partial charge in [0.1, 0.15) is 5.60 Å². The van der Waals surface area contributed by atoms with Crippen molar-refractivity contribution in [2.75, 3.05) is 6.54 Å². The number of amides is 1. The van der Waals surface area contributed by atoms with Crippen molar-refractivity contribution in [3.8, 4) is 0 Å². The number of carbonyl (C=O) groups is 2. The van der Waals surface area contributed by atoms with Gasteiger partial charge in [0.15, 0.2) is 0 Å². The van der Waals surface area contributed by atoms with Crippen LogP contribution in [0.2, 0.25) is 0 Å². The zero-order valence-corrected chi connectivity index (χ0v) is 14.0. The van der Waals surface area contributed by atoms with Crippen LogP contribution < -0.4 is 5.32 Å². The molecule has 0 aromatic heterocycles. The molecule has 1 aromatic rings. The van der Waals surface area contributed by atoms with E-state index < -0.39 is 29.7 Å². The van der Waals surface area contributed by atoms with Crippen molar-refractivity contribution in [2.45, 2.75) is 46.0 Å². The molecule has 0 spiro atoms. The van der Waals surface area contributed by atoms with Crippen LogP contribution in [0.25, 0.3) is 0 Å². The van der Waals surface area contributed by atoms with Gasteiger partial charge in [-0.25, -0.2) is 4.79 Å². The molecule has 6 heteroatoms. The van der Waals surface area contributed by atoms with Crippen molar-refractivity contribution in [1.29, 1.82) is 0 Å². The third-order valence-corrected chi connectivity index (χ3v) is 3.10. The van der Waals surface area contributed by atoms with Crippen LogP contribution in [-0.2, 0) is 20.9 Å². The van der Waals surface area contributed by atoms with Crippen molar-refractivity contribution in [2.24, 2.45) is 5.92 Å². The van der Waals surface area contributed by atoms with E-state index in [0.29, 0.717) is 6.61 Å². The zero-order valence-electron chi connectivity index (χ0n) is 14.0. The van der Waals surface area contributed by atoms with E-state index in [4.69, 9.17) is 9.47 Å². The molecule has 0 aliphatic carbocycles. The molecule has 0 saturated carbocycles. The average molecular weight is 323 g/mol. The molecule has 2 N–H and O–H groups in total. The Labute approximate surface area is 136 Å². The number of alkyl carbamates (subject to hydrolysis) is 1. The van der Waals surface area contributed by atoms with Gasteiger partial charge < -0.3 is 19.9 Å². The fourth-order valence-electron chi connectivity index (χ4n) is 1.88.